The predicted molar refractivity (Wildman–Crippen MR) is 108 cm³/mol. The molecule has 174 valence electrons. The molecule has 0 unspecified atom stereocenters. The van der Waals surface area contributed by atoms with E-state index in [0.29, 0.717) is 43.1 Å². The van der Waals surface area contributed by atoms with Crippen LogP contribution < -0.4 is 9.64 Å². The van der Waals surface area contributed by atoms with E-state index in [-0.39, 0.29) is 18.5 Å². The molecule has 2 aromatic rings. The number of alkyl halides is 3. The van der Waals surface area contributed by atoms with Crippen molar-refractivity contribution in [3.05, 3.63) is 29.8 Å². The van der Waals surface area contributed by atoms with Gasteiger partial charge in [-0.3, -0.25) is 4.90 Å². The van der Waals surface area contributed by atoms with Gasteiger partial charge in [0.2, 0.25) is 5.95 Å². The van der Waals surface area contributed by atoms with Crippen LogP contribution in [0.3, 0.4) is 0 Å². The maximum Gasteiger partial charge on any atom is 0.419 e. The molecule has 32 heavy (non-hydrogen) atoms. The number of urea groups is 1. The van der Waals surface area contributed by atoms with E-state index in [1.54, 1.807) is 11.0 Å². The first-order valence-electron chi connectivity index (χ1n) is 10.7. The quantitative estimate of drug-likeness (QED) is 0.632. The van der Waals surface area contributed by atoms with E-state index in [0.717, 1.165) is 32.1 Å². The van der Waals surface area contributed by atoms with Crippen LogP contribution in [0.1, 0.15) is 57.3 Å². The van der Waals surface area contributed by atoms with Crippen LogP contribution in [0.15, 0.2) is 23.0 Å². The molecule has 2 aromatic heterocycles. The molecule has 8 nitrogen and oxygen atoms in total. The van der Waals surface area contributed by atoms with Gasteiger partial charge in [-0.15, -0.1) is 0 Å². The second kappa shape index (κ2) is 8.59. The van der Waals surface area contributed by atoms with Crippen molar-refractivity contribution in [3.63, 3.8) is 0 Å². The van der Waals surface area contributed by atoms with E-state index in [1.165, 1.54) is 4.90 Å². The number of hydrogen-bond donors (Lipinski definition) is 0. The molecule has 1 spiro atoms. The van der Waals surface area contributed by atoms with Gasteiger partial charge in [-0.2, -0.15) is 13.2 Å². The minimum Gasteiger partial charge on any atom is -0.475 e. The van der Waals surface area contributed by atoms with Crippen molar-refractivity contribution in [2.75, 3.05) is 18.1 Å². The van der Waals surface area contributed by atoms with Crippen LogP contribution in [0.2, 0.25) is 0 Å². The van der Waals surface area contributed by atoms with Gasteiger partial charge in [0.05, 0.1) is 30.8 Å². The monoisotopic (exact) mass is 453 g/mol. The maximum atomic E-state index is 13.3. The first-order chi connectivity index (χ1) is 15.2. The van der Waals surface area contributed by atoms with Crippen LogP contribution in [0.25, 0.3) is 0 Å². The zero-order valence-corrected chi connectivity index (χ0v) is 18.1. The molecule has 0 atom stereocenters. The number of rotatable bonds is 6. The fourth-order valence-electron chi connectivity index (χ4n) is 4.28. The lowest BCUT2D eigenvalue weighted by molar-refractivity contribution is -0.138. The third-order valence-corrected chi connectivity index (χ3v) is 5.89. The predicted octanol–water partition coefficient (Wildman–Crippen LogP) is 4.66. The van der Waals surface area contributed by atoms with E-state index < -0.39 is 17.3 Å². The van der Waals surface area contributed by atoms with Gasteiger partial charge in [-0.05, 0) is 23.9 Å². The summed E-state index contributed by atoms with van der Waals surface area (Å²) in [6.45, 7) is 5.05. The average molecular weight is 453 g/mol. The minimum absolute atomic E-state index is 0.0334. The fraction of sp³-hybridized carbons (Fsp3) is 0.619. The summed E-state index contributed by atoms with van der Waals surface area (Å²) in [5, 5.41) is 3.92. The maximum absolute atomic E-state index is 13.3. The molecular formula is C21H26F3N5O3. The van der Waals surface area contributed by atoms with E-state index >= 15 is 0 Å². The van der Waals surface area contributed by atoms with Gasteiger partial charge in [-0.1, -0.05) is 33.1 Å². The number of anilines is 1. The van der Waals surface area contributed by atoms with Crippen LogP contribution in [-0.4, -0.2) is 44.7 Å². The molecular weight excluding hydrogens is 427 g/mol. The van der Waals surface area contributed by atoms with Crippen molar-refractivity contribution in [1.29, 1.82) is 0 Å². The molecule has 0 N–H and O–H groups in total. The van der Waals surface area contributed by atoms with Crippen molar-refractivity contribution in [3.8, 4) is 5.88 Å². The Hall–Kier alpha value is -2.85. The lowest BCUT2D eigenvalue weighted by Gasteiger charge is -2.39. The summed E-state index contributed by atoms with van der Waals surface area (Å²) in [7, 11) is 0. The van der Waals surface area contributed by atoms with Crippen molar-refractivity contribution < 1.29 is 27.2 Å². The summed E-state index contributed by atoms with van der Waals surface area (Å²) < 4.78 is 49.6. The van der Waals surface area contributed by atoms with Crippen molar-refractivity contribution in [2.45, 2.75) is 64.2 Å². The summed E-state index contributed by atoms with van der Waals surface area (Å²) in [5.74, 6) is 1.14. The number of halogens is 3. The Morgan fingerprint density at radius 3 is 2.50 bits per heavy atom. The Balaban J connectivity index is 1.56. The summed E-state index contributed by atoms with van der Waals surface area (Å²) in [6, 6.07) is 1.32. The Kier molecular flexibility index (Phi) is 6.00. The van der Waals surface area contributed by atoms with Crippen LogP contribution in [0.5, 0.6) is 5.88 Å². The first-order valence-corrected chi connectivity index (χ1v) is 10.7. The minimum atomic E-state index is -4.54. The van der Waals surface area contributed by atoms with Crippen LogP contribution in [0, 0.1) is 5.92 Å². The lowest BCUT2D eigenvalue weighted by Crippen LogP contribution is -2.47. The highest BCUT2D eigenvalue weighted by atomic mass is 19.4. The second-order valence-corrected chi connectivity index (χ2v) is 8.85. The van der Waals surface area contributed by atoms with Crippen LogP contribution in [0.4, 0.5) is 23.9 Å². The van der Waals surface area contributed by atoms with Gasteiger partial charge in [0, 0.05) is 18.5 Å². The van der Waals surface area contributed by atoms with Gasteiger partial charge in [0.25, 0.3) is 5.88 Å². The van der Waals surface area contributed by atoms with Gasteiger partial charge in [-0.25, -0.2) is 14.8 Å². The molecule has 0 bridgehead atoms. The number of amides is 2. The van der Waals surface area contributed by atoms with Crippen molar-refractivity contribution >= 4 is 12.0 Å². The van der Waals surface area contributed by atoms with E-state index in [4.69, 9.17) is 9.26 Å². The van der Waals surface area contributed by atoms with E-state index in [1.807, 2.05) is 13.8 Å². The van der Waals surface area contributed by atoms with Gasteiger partial charge in [0.1, 0.15) is 0 Å². The molecule has 3 heterocycles. The van der Waals surface area contributed by atoms with Crippen LogP contribution >= 0.6 is 0 Å². The zero-order valence-electron chi connectivity index (χ0n) is 18.1. The third kappa shape index (κ3) is 4.51. The molecule has 1 saturated heterocycles. The highest BCUT2D eigenvalue weighted by molar-refractivity contribution is 5.93. The molecule has 1 aliphatic carbocycles. The molecule has 0 radical (unpaired) electrons. The molecule has 1 saturated carbocycles. The molecule has 11 heteroatoms. The number of carbonyl (C=O) groups excluding carboxylic acids is 1. The van der Waals surface area contributed by atoms with Gasteiger partial charge in [0.15, 0.2) is 5.76 Å². The number of carbonyl (C=O) groups is 1. The Labute approximate surface area is 183 Å². The Morgan fingerprint density at radius 1 is 1.19 bits per heavy atom. The molecule has 2 amide bonds. The topological polar surface area (TPSA) is 84.6 Å². The highest BCUT2D eigenvalue weighted by Crippen LogP contribution is 2.41. The third-order valence-electron chi connectivity index (χ3n) is 5.89. The number of nitrogens with zero attached hydrogens (tertiary/aromatic N) is 5. The van der Waals surface area contributed by atoms with E-state index in [2.05, 4.69) is 15.1 Å². The van der Waals surface area contributed by atoms with Crippen molar-refractivity contribution in [2.24, 2.45) is 5.92 Å². The normalized spacial score (nSPS) is 18.8. The largest absolute Gasteiger partial charge is 0.475 e. The molecule has 2 aliphatic rings. The average Bonchev–Trinajstić information content (AvgIpc) is 3.31. The van der Waals surface area contributed by atoms with Crippen molar-refractivity contribution in [1.82, 2.24) is 20.0 Å². The number of hydrogen-bond acceptors (Lipinski definition) is 6. The second-order valence-electron chi connectivity index (χ2n) is 8.85. The lowest BCUT2D eigenvalue weighted by atomic mass is 9.81. The standard InChI is InChI=1S/C21H26F3N5O3/c1-14(2)12-31-17-8-16(32-27-17)11-29-19(30)28(13-20(29)6-4-3-5-7-20)18-25-9-15(10-26-18)21(22,23)24/h8-10,14H,3-7,11-13H2,1-2H3. The van der Waals surface area contributed by atoms with Gasteiger partial charge >= 0.3 is 12.2 Å². The SMILES string of the molecule is CC(C)COc1cc(CN2C(=O)N(c3ncc(C(F)(F)F)cn3)CC23CCCCC3)on1. The summed E-state index contributed by atoms with van der Waals surface area (Å²) >= 11 is 0. The molecule has 2 fully saturated rings. The Morgan fingerprint density at radius 2 is 1.88 bits per heavy atom. The van der Waals surface area contributed by atoms with Crippen LogP contribution in [-0.2, 0) is 12.7 Å². The highest BCUT2D eigenvalue weighted by Gasteiger charge is 2.51. The zero-order chi connectivity index (χ0) is 22.9. The van der Waals surface area contributed by atoms with E-state index in [9.17, 15) is 18.0 Å². The Bertz CT molecular complexity index is 939. The first kappa shape index (κ1) is 22.3. The summed E-state index contributed by atoms with van der Waals surface area (Å²) in [5.41, 5.74) is -1.40. The fourth-order valence-corrected chi connectivity index (χ4v) is 4.28. The number of ether oxygens (including phenoxy) is 1. The van der Waals surface area contributed by atoms with Gasteiger partial charge < -0.3 is 14.2 Å². The molecule has 1 aliphatic heterocycles. The number of aromatic nitrogens is 3. The summed E-state index contributed by atoms with van der Waals surface area (Å²) in [4.78, 5) is 24.1. The smallest absolute Gasteiger partial charge is 0.419 e. The molecule has 4 rings (SSSR count). The summed E-state index contributed by atoms with van der Waals surface area (Å²) in [6.07, 6.45) is 1.47. The molecule has 0 aromatic carbocycles.